The molecule has 6 nitrogen and oxygen atoms in total. The minimum Gasteiger partial charge on any atom is -0.484 e. The molecule has 0 heterocycles. The highest BCUT2D eigenvalue weighted by Crippen LogP contribution is 2.17. The summed E-state index contributed by atoms with van der Waals surface area (Å²) in [5.74, 6) is -0.800. The molecule has 0 saturated carbocycles. The molecule has 0 bridgehead atoms. The molecule has 0 saturated heterocycles. The Morgan fingerprint density at radius 2 is 1.40 bits per heavy atom. The molecule has 0 fully saturated rings. The zero-order valence-corrected chi connectivity index (χ0v) is 16.1. The van der Waals surface area contributed by atoms with E-state index in [1.165, 1.54) is 31.2 Å². The van der Waals surface area contributed by atoms with Gasteiger partial charge in [-0.3, -0.25) is 14.4 Å². The maximum Gasteiger partial charge on any atom is 0.262 e. The Hall–Kier alpha value is -4.00. The molecule has 0 aliphatic carbocycles. The molecule has 2 N–H and O–H groups in total. The Morgan fingerprint density at radius 3 is 2.00 bits per heavy atom. The zero-order valence-electron chi connectivity index (χ0n) is 16.1. The Bertz CT molecular complexity index is 1060. The molecular weight excluding hydrogens is 387 g/mol. The van der Waals surface area contributed by atoms with Gasteiger partial charge in [-0.25, -0.2) is 4.39 Å². The first-order valence-electron chi connectivity index (χ1n) is 9.11. The molecule has 152 valence electrons. The number of rotatable bonds is 7. The van der Waals surface area contributed by atoms with Crippen molar-refractivity contribution in [2.75, 3.05) is 17.2 Å². The lowest BCUT2D eigenvalue weighted by molar-refractivity contribution is -0.118. The molecule has 0 aromatic heterocycles. The molecule has 0 aliphatic rings. The fourth-order valence-corrected chi connectivity index (χ4v) is 2.69. The van der Waals surface area contributed by atoms with Crippen LogP contribution in [0, 0.1) is 5.82 Å². The molecule has 0 unspecified atom stereocenters. The predicted octanol–water partition coefficient (Wildman–Crippen LogP) is 4.03. The predicted molar refractivity (Wildman–Crippen MR) is 111 cm³/mol. The highest BCUT2D eigenvalue weighted by Gasteiger charge is 2.10. The molecule has 3 rings (SSSR count). The van der Waals surface area contributed by atoms with Crippen molar-refractivity contribution in [1.29, 1.82) is 0 Å². The number of nitrogens with one attached hydrogen (secondary N) is 2. The van der Waals surface area contributed by atoms with E-state index in [0.29, 0.717) is 28.3 Å². The van der Waals surface area contributed by atoms with E-state index >= 15 is 0 Å². The van der Waals surface area contributed by atoms with Gasteiger partial charge >= 0.3 is 0 Å². The maximum absolute atomic E-state index is 13.0. The second kappa shape index (κ2) is 9.47. The summed E-state index contributed by atoms with van der Waals surface area (Å²) < 4.78 is 18.4. The molecule has 3 aromatic carbocycles. The summed E-state index contributed by atoms with van der Waals surface area (Å²) in [4.78, 5) is 35.6. The molecule has 30 heavy (non-hydrogen) atoms. The van der Waals surface area contributed by atoms with Crippen LogP contribution in [0.2, 0.25) is 0 Å². The highest BCUT2D eigenvalue weighted by molar-refractivity contribution is 6.09. The molecule has 2 amide bonds. The van der Waals surface area contributed by atoms with E-state index < -0.39 is 5.82 Å². The van der Waals surface area contributed by atoms with Crippen LogP contribution in [0.15, 0.2) is 72.8 Å². The third-order valence-electron chi connectivity index (χ3n) is 4.06. The number of ketones is 1. The molecular formula is C23H19FN2O4. The summed E-state index contributed by atoms with van der Waals surface area (Å²) in [5.41, 5.74) is 1.90. The molecule has 7 heteroatoms. The van der Waals surface area contributed by atoms with Crippen LogP contribution in [0.25, 0.3) is 0 Å². The van der Waals surface area contributed by atoms with E-state index in [2.05, 4.69) is 10.6 Å². The van der Waals surface area contributed by atoms with E-state index in [4.69, 9.17) is 4.74 Å². The van der Waals surface area contributed by atoms with Gasteiger partial charge in [-0.05, 0) is 66.7 Å². The van der Waals surface area contributed by atoms with E-state index in [0.717, 1.165) is 0 Å². The second-order valence-electron chi connectivity index (χ2n) is 6.46. The number of hydrogen-bond acceptors (Lipinski definition) is 4. The fourth-order valence-electron chi connectivity index (χ4n) is 2.69. The number of halogens is 1. The quantitative estimate of drug-likeness (QED) is 0.580. The minimum absolute atomic E-state index is 0.205. The lowest BCUT2D eigenvalue weighted by Crippen LogP contribution is -2.20. The van der Waals surface area contributed by atoms with Crippen molar-refractivity contribution >= 4 is 29.0 Å². The number of carbonyl (C=O) groups excluding carboxylic acids is 3. The van der Waals surface area contributed by atoms with Crippen LogP contribution in [0.3, 0.4) is 0 Å². The second-order valence-corrected chi connectivity index (χ2v) is 6.46. The van der Waals surface area contributed by atoms with Gasteiger partial charge < -0.3 is 15.4 Å². The van der Waals surface area contributed by atoms with E-state index in [1.54, 1.807) is 48.5 Å². The van der Waals surface area contributed by atoms with Gasteiger partial charge in [-0.1, -0.05) is 6.07 Å². The Labute approximate surface area is 172 Å². The first-order valence-corrected chi connectivity index (χ1v) is 9.11. The van der Waals surface area contributed by atoms with Crippen LogP contribution in [-0.2, 0) is 9.59 Å². The van der Waals surface area contributed by atoms with Crippen molar-refractivity contribution in [3.05, 3.63) is 89.7 Å². The summed E-state index contributed by atoms with van der Waals surface area (Å²) in [5, 5.41) is 5.32. The topological polar surface area (TPSA) is 84.5 Å². The van der Waals surface area contributed by atoms with Crippen molar-refractivity contribution in [2.24, 2.45) is 0 Å². The number of hydrogen-bond donors (Lipinski definition) is 2. The van der Waals surface area contributed by atoms with Crippen LogP contribution in [0.4, 0.5) is 15.8 Å². The van der Waals surface area contributed by atoms with E-state index in [9.17, 15) is 18.8 Å². The number of carbonyl (C=O) groups is 3. The van der Waals surface area contributed by atoms with Crippen LogP contribution < -0.4 is 15.4 Å². The van der Waals surface area contributed by atoms with Gasteiger partial charge in [0.2, 0.25) is 5.91 Å². The third-order valence-corrected chi connectivity index (χ3v) is 4.06. The van der Waals surface area contributed by atoms with Crippen LogP contribution >= 0.6 is 0 Å². The summed E-state index contributed by atoms with van der Waals surface area (Å²) in [6, 6.07) is 18.4. The fraction of sp³-hybridized carbons (Fsp3) is 0.0870. The normalized spacial score (nSPS) is 10.2. The van der Waals surface area contributed by atoms with E-state index in [-0.39, 0.29) is 24.2 Å². The minimum atomic E-state index is -0.407. The Morgan fingerprint density at radius 1 is 0.833 bits per heavy atom. The van der Waals surface area contributed by atoms with Gasteiger partial charge in [-0.15, -0.1) is 0 Å². The molecule has 0 spiro atoms. The van der Waals surface area contributed by atoms with Crippen molar-refractivity contribution in [3.8, 4) is 5.75 Å². The zero-order chi connectivity index (χ0) is 21.5. The average Bonchev–Trinajstić information content (AvgIpc) is 2.72. The van der Waals surface area contributed by atoms with Crippen molar-refractivity contribution < 1.29 is 23.5 Å². The SMILES string of the molecule is CC(=O)Nc1cccc(NC(=O)COc2ccc(C(=O)c3ccc(F)cc3)cc2)c1. The first kappa shape index (κ1) is 20.7. The maximum atomic E-state index is 13.0. The first-order chi connectivity index (χ1) is 14.4. The molecule has 3 aromatic rings. The van der Waals surface area contributed by atoms with Gasteiger partial charge in [0.15, 0.2) is 12.4 Å². The van der Waals surface area contributed by atoms with Crippen LogP contribution in [0.1, 0.15) is 22.8 Å². The van der Waals surface area contributed by atoms with Gasteiger partial charge in [0, 0.05) is 29.4 Å². The van der Waals surface area contributed by atoms with E-state index in [1.807, 2.05) is 0 Å². The van der Waals surface area contributed by atoms with Crippen molar-refractivity contribution in [3.63, 3.8) is 0 Å². The van der Waals surface area contributed by atoms with Gasteiger partial charge in [0.05, 0.1) is 0 Å². The standard InChI is InChI=1S/C23H19FN2O4/c1-15(27)25-19-3-2-4-20(13-19)26-22(28)14-30-21-11-7-17(8-12-21)23(29)16-5-9-18(24)10-6-16/h2-13H,14H2,1H3,(H,25,27)(H,26,28). The monoisotopic (exact) mass is 406 g/mol. The summed E-state index contributed by atoms with van der Waals surface area (Å²) >= 11 is 0. The Kier molecular flexibility index (Phi) is 6.54. The van der Waals surface area contributed by atoms with Gasteiger partial charge in [0.25, 0.3) is 5.91 Å². The Balaban J connectivity index is 1.54. The summed E-state index contributed by atoms with van der Waals surface area (Å²) in [6.45, 7) is 1.17. The highest BCUT2D eigenvalue weighted by atomic mass is 19.1. The number of ether oxygens (including phenoxy) is 1. The largest absolute Gasteiger partial charge is 0.484 e. The number of benzene rings is 3. The number of amides is 2. The number of anilines is 2. The average molecular weight is 406 g/mol. The summed E-state index contributed by atoms with van der Waals surface area (Å²) in [7, 11) is 0. The summed E-state index contributed by atoms with van der Waals surface area (Å²) in [6.07, 6.45) is 0. The van der Waals surface area contributed by atoms with Gasteiger partial charge in [-0.2, -0.15) is 0 Å². The molecule has 0 radical (unpaired) electrons. The lowest BCUT2D eigenvalue weighted by atomic mass is 10.0. The van der Waals surface area contributed by atoms with Crippen LogP contribution in [-0.4, -0.2) is 24.2 Å². The van der Waals surface area contributed by atoms with Crippen LogP contribution in [0.5, 0.6) is 5.75 Å². The van der Waals surface area contributed by atoms with Gasteiger partial charge in [0.1, 0.15) is 11.6 Å². The van der Waals surface area contributed by atoms with Crippen molar-refractivity contribution in [2.45, 2.75) is 6.92 Å². The smallest absolute Gasteiger partial charge is 0.262 e. The molecule has 0 aliphatic heterocycles. The molecule has 0 atom stereocenters. The lowest BCUT2D eigenvalue weighted by Gasteiger charge is -2.09. The third kappa shape index (κ3) is 5.75. The van der Waals surface area contributed by atoms with Crippen molar-refractivity contribution in [1.82, 2.24) is 0 Å².